The van der Waals surface area contributed by atoms with Crippen molar-refractivity contribution in [3.8, 4) is 5.75 Å². The van der Waals surface area contributed by atoms with E-state index in [0.29, 0.717) is 17.1 Å². The van der Waals surface area contributed by atoms with Gasteiger partial charge in [-0.3, -0.25) is 9.10 Å². The van der Waals surface area contributed by atoms with Gasteiger partial charge >= 0.3 is 0 Å². The number of carbonyl (C=O) groups is 1. The zero-order chi connectivity index (χ0) is 23.4. The molecule has 0 spiro atoms. The van der Waals surface area contributed by atoms with E-state index in [1.165, 1.54) is 19.2 Å². The molecular formula is C26H24N2O4S. The number of nitrogens with zero attached hydrogens (tertiary/aromatic N) is 1. The first-order chi connectivity index (χ1) is 15.9. The van der Waals surface area contributed by atoms with Crippen LogP contribution in [0.5, 0.6) is 5.75 Å². The van der Waals surface area contributed by atoms with Gasteiger partial charge in [0.15, 0.2) is 0 Å². The molecule has 0 aromatic heterocycles. The molecule has 0 saturated heterocycles. The predicted molar refractivity (Wildman–Crippen MR) is 131 cm³/mol. The number of rotatable bonds is 7. The SMILES string of the molecule is COc1ccc(S(=O)(=O)N(CC(=O)Nc2ccc3ccccc3c2)c2ccc(C)cc2)cc1. The van der Waals surface area contributed by atoms with Gasteiger partial charge in [0, 0.05) is 5.69 Å². The number of benzene rings is 4. The molecule has 4 aromatic rings. The Hall–Kier alpha value is -3.84. The second-order valence-corrected chi connectivity index (χ2v) is 9.50. The van der Waals surface area contributed by atoms with Crippen molar-refractivity contribution in [3.05, 3.63) is 96.6 Å². The van der Waals surface area contributed by atoms with Gasteiger partial charge in [-0.2, -0.15) is 0 Å². The van der Waals surface area contributed by atoms with Crippen molar-refractivity contribution in [1.29, 1.82) is 0 Å². The molecular weight excluding hydrogens is 436 g/mol. The molecule has 6 nitrogen and oxygen atoms in total. The third kappa shape index (κ3) is 4.99. The van der Waals surface area contributed by atoms with E-state index in [2.05, 4.69) is 5.32 Å². The Morgan fingerprint density at radius 3 is 2.21 bits per heavy atom. The van der Waals surface area contributed by atoms with E-state index in [-0.39, 0.29) is 11.4 Å². The maximum Gasteiger partial charge on any atom is 0.264 e. The molecule has 1 amide bonds. The van der Waals surface area contributed by atoms with Crippen LogP contribution in [-0.2, 0) is 14.8 Å². The monoisotopic (exact) mass is 460 g/mol. The van der Waals surface area contributed by atoms with E-state index in [1.807, 2.05) is 55.5 Å². The number of methoxy groups -OCH3 is 1. The smallest absolute Gasteiger partial charge is 0.264 e. The molecule has 0 heterocycles. The summed E-state index contributed by atoms with van der Waals surface area (Å²) in [6.07, 6.45) is 0. The predicted octanol–water partition coefficient (Wildman–Crippen LogP) is 4.99. The van der Waals surface area contributed by atoms with Gasteiger partial charge in [-0.25, -0.2) is 8.42 Å². The zero-order valence-corrected chi connectivity index (χ0v) is 19.2. The van der Waals surface area contributed by atoms with Gasteiger partial charge in [0.1, 0.15) is 12.3 Å². The molecule has 7 heteroatoms. The number of hydrogen-bond acceptors (Lipinski definition) is 4. The lowest BCUT2D eigenvalue weighted by Gasteiger charge is -2.24. The molecule has 0 unspecified atom stereocenters. The first-order valence-electron chi connectivity index (χ1n) is 10.4. The molecule has 0 saturated carbocycles. The normalized spacial score (nSPS) is 11.2. The number of carbonyl (C=O) groups excluding carboxylic acids is 1. The van der Waals surface area contributed by atoms with E-state index in [9.17, 15) is 13.2 Å². The Labute approximate surface area is 193 Å². The summed E-state index contributed by atoms with van der Waals surface area (Å²) < 4.78 is 33.2. The number of ether oxygens (including phenoxy) is 1. The van der Waals surface area contributed by atoms with Crippen molar-refractivity contribution in [1.82, 2.24) is 0 Å². The largest absolute Gasteiger partial charge is 0.497 e. The van der Waals surface area contributed by atoms with Crippen molar-refractivity contribution in [2.24, 2.45) is 0 Å². The van der Waals surface area contributed by atoms with E-state index in [4.69, 9.17) is 4.74 Å². The first-order valence-corrected chi connectivity index (χ1v) is 11.8. The summed E-state index contributed by atoms with van der Waals surface area (Å²) in [6, 6.07) is 26.5. The van der Waals surface area contributed by atoms with Gasteiger partial charge in [-0.1, -0.05) is 48.0 Å². The van der Waals surface area contributed by atoms with Gasteiger partial charge in [-0.15, -0.1) is 0 Å². The van der Waals surface area contributed by atoms with Crippen LogP contribution >= 0.6 is 0 Å². The lowest BCUT2D eigenvalue weighted by molar-refractivity contribution is -0.114. The average Bonchev–Trinajstić information content (AvgIpc) is 2.83. The number of anilines is 2. The van der Waals surface area contributed by atoms with Crippen LogP contribution < -0.4 is 14.4 Å². The van der Waals surface area contributed by atoms with E-state index < -0.39 is 15.9 Å². The standard InChI is InChI=1S/C26H24N2O4S/c1-19-7-11-23(12-8-19)28(33(30,31)25-15-13-24(32-2)14-16-25)18-26(29)27-22-10-9-20-5-3-4-6-21(20)17-22/h3-17H,18H2,1-2H3,(H,27,29). The summed E-state index contributed by atoms with van der Waals surface area (Å²) in [5.74, 6) is 0.104. The Kier molecular flexibility index (Phi) is 6.33. The summed E-state index contributed by atoms with van der Waals surface area (Å²) in [5.41, 5.74) is 2.00. The Balaban J connectivity index is 1.63. The van der Waals surface area contributed by atoms with Crippen LogP contribution in [0.15, 0.2) is 95.9 Å². The Morgan fingerprint density at radius 1 is 0.879 bits per heavy atom. The van der Waals surface area contributed by atoms with Crippen LogP contribution in [-0.4, -0.2) is 28.0 Å². The molecule has 0 aliphatic rings. The van der Waals surface area contributed by atoms with Gasteiger partial charge < -0.3 is 10.1 Å². The third-order valence-electron chi connectivity index (χ3n) is 5.29. The fourth-order valence-corrected chi connectivity index (χ4v) is 4.92. The number of hydrogen-bond donors (Lipinski definition) is 1. The number of fused-ring (bicyclic) bond motifs is 1. The maximum atomic E-state index is 13.5. The van der Waals surface area contributed by atoms with E-state index in [1.54, 1.807) is 30.3 Å². The van der Waals surface area contributed by atoms with Crippen molar-refractivity contribution >= 4 is 38.1 Å². The molecule has 0 atom stereocenters. The molecule has 33 heavy (non-hydrogen) atoms. The highest BCUT2D eigenvalue weighted by Crippen LogP contribution is 2.26. The van der Waals surface area contributed by atoms with Gasteiger partial charge in [0.05, 0.1) is 17.7 Å². The molecule has 168 valence electrons. The highest BCUT2D eigenvalue weighted by Gasteiger charge is 2.27. The van der Waals surface area contributed by atoms with Crippen LogP contribution in [0, 0.1) is 6.92 Å². The molecule has 1 N–H and O–H groups in total. The highest BCUT2D eigenvalue weighted by atomic mass is 32.2. The van der Waals surface area contributed by atoms with Gasteiger partial charge in [-0.05, 0) is 66.2 Å². The summed E-state index contributed by atoms with van der Waals surface area (Å²) in [5, 5.41) is 4.86. The van der Waals surface area contributed by atoms with E-state index in [0.717, 1.165) is 20.6 Å². The third-order valence-corrected chi connectivity index (χ3v) is 7.08. The van der Waals surface area contributed by atoms with Crippen LogP contribution in [0.1, 0.15) is 5.56 Å². The lowest BCUT2D eigenvalue weighted by atomic mass is 10.1. The van der Waals surface area contributed by atoms with Crippen molar-refractivity contribution < 1.29 is 17.9 Å². The highest BCUT2D eigenvalue weighted by molar-refractivity contribution is 7.92. The van der Waals surface area contributed by atoms with Crippen molar-refractivity contribution in [2.75, 3.05) is 23.3 Å². The van der Waals surface area contributed by atoms with Crippen LogP contribution in [0.4, 0.5) is 11.4 Å². The molecule has 0 fully saturated rings. The number of nitrogens with one attached hydrogen (secondary N) is 1. The van der Waals surface area contributed by atoms with Crippen molar-refractivity contribution in [3.63, 3.8) is 0 Å². The van der Waals surface area contributed by atoms with Crippen LogP contribution in [0.3, 0.4) is 0 Å². The number of sulfonamides is 1. The first kappa shape index (κ1) is 22.4. The summed E-state index contributed by atoms with van der Waals surface area (Å²) >= 11 is 0. The number of amides is 1. The van der Waals surface area contributed by atoms with Gasteiger partial charge in [0.2, 0.25) is 5.91 Å². The second-order valence-electron chi connectivity index (χ2n) is 7.63. The minimum atomic E-state index is -4.00. The molecule has 4 aromatic carbocycles. The second kappa shape index (κ2) is 9.34. The molecule has 0 aliphatic carbocycles. The fourth-order valence-electron chi connectivity index (χ4n) is 3.50. The van der Waals surface area contributed by atoms with Crippen LogP contribution in [0.2, 0.25) is 0 Å². The quantitative estimate of drug-likeness (QED) is 0.422. The number of aryl methyl sites for hydroxylation is 1. The Bertz CT molecular complexity index is 1380. The fraction of sp³-hybridized carbons (Fsp3) is 0.115. The molecule has 0 radical (unpaired) electrons. The molecule has 0 aliphatic heterocycles. The summed E-state index contributed by atoms with van der Waals surface area (Å²) in [7, 11) is -2.48. The minimum Gasteiger partial charge on any atom is -0.497 e. The van der Waals surface area contributed by atoms with E-state index >= 15 is 0 Å². The average molecular weight is 461 g/mol. The summed E-state index contributed by atoms with van der Waals surface area (Å²) in [4.78, 5) is 13.0. The van der Waals surface area contributed by atoms with Crippen molar-refractivity contribution in [2.45, 2.75) is 11.8 Å². The Morgan fingerprint density at radius 2 is 1.55 bits per heavy atom. The topological polar surface area (TPSA) is 75.7 Å². The van der Waals surface area contributed by atoms with Crippen LogP contribution in [0.25, 0.3) is 10.8 Å². The molecule has 4 rings (SSSR count). The zero-order valence-electron chi connectivity index (χ0n) is 18.4. The molecule has 0 bridgehead atoms. The van der Waals surface area contributed by atoms with Gasteiger partial charge in [0.25, 0.3) is 10.0 Å². The lowest BCUT2D eigenvalue weighted by Crippen LogP contribution is -2.38. The minimum absolute atomic E-state index is 0.0716. The maximum absolute atomic E-state index is 13.5. The summed E-state index contributed by atoms with van der Waals surface area (Å²) in [6.45, 7) is 1.54.